The first kappa shape index (κ1) is 19.8. The van der Waals surface area contributed by atoms with Gasteiger partial charge in [0.2, 0.25) is 5.91 Å². The van der Waals surface area contributed by atoms with Gasteiger partial charge in [-0.1, -0.05) is 0 Å². The zero-order valence-electron chi connectivity index (χ0n) is 16.4. The fourth-order valence-electron chi connectivity index (χ4n) is 3.05. The number of nitrogens with zero attached hydrogens (tertiary/aromatic N) is 3. The van der Waals surface area contributed by atoms with Crippen molar-refractivity contribution in [1.82, 2.24) is 14.5 Å². The van der Waals surface area contributed by atoms with Crippen molar-refractivity contribution in [1.29, 1.82) is 0 Å². The summed E-state index contributed by atoms with van der Waals surface area (Å²) in [5, 5.41) is 2.92. The summed E-state index contributed by atoms with van der Waals surface area (Å²) < 4.78 is 12.7. The number of benzene rings is 1. The number of rotatable bonds is 10. The molecule has 3 aromatic rings. The number of hydrogen-bond donors (Lipinski definition) is 1. The van der Waals surface area contributed by atoms with Gasteiger partial charge in [0, 0.05) is 38.4 Å². The van der Waals surface area contributed by atoms with Crippen LogP contribution in [0.15, 0.2) is 42.6 Å². The molecule has 0 atom stereocenters. The van der Waals surface area contributed by atoms with Gasteiger partial charge in [-0.25, -0.2) is 9.97 Å². The zero-order valence-corrected chi connectivity index (χ0v) is 16.4. The molecule has 0 bridgehead atoms. The predicted molar refractivity (Wildman–Crippen MR) is 109 cm³/mol. The van der Waals surface area contributed by atoms with Gasteiger partial charge >= 0.3 is 0 Å². The topological polar surface area (TPSA) is 78.3 Å². The molecule has 0 aliphatic heterocycles. The van der Waals surface area contributed by atoms with Crippen LogP contribution in [0.25, 0.3) is 11.2 Å². The first-order chi connectivity index (χ1) is 13.7. The number of ether oxygens (including phenoxy) is 2. The Balaban J connectivity index is 1.56. The number of amides is 1. The molecular weight excluding hydrogens is 356 g/mol. The number of aromatic nitrogens is 3. The Hall–Kier alpha value is -2.93. The van der Waals surface area contributed by atoms with Crippen molar-refractivity contribution in [2.24, 2.45) is 0 Å². The van der Waals surface area contributed by atoms with Crippen LogP contribution in [-0.2, 0) is 22.5 Å². The Morgan fingerprint density at radius 3 is 2.79 bits per heavy atom. The van der Waals surface area contributed by atoms with Gasteiger partial charge in [-0.2, -0.15) is 0 Å². The number of hydrogen-bond acceptors (Lipinski definition) is 5. The molecule has 0 saturated carbocycles. The van der Waals surface area contributed by atoms with Crippen LogP contribution in [0.3, 0.4) is 0 Å². The Kier molecular flexibility index (Phi) is 6.97. The lowest BCUT2D eigenvalue weighted by Crippen LogP contribution is -2.13. The molecule has 2 heterocycles. The Bertz CT molecular complexity index is 906. The number of pyridine rings is 1. The van der Waals surface area contributed by atoms with E-state index in [9.17, 15) is 4.79 Å². The summed E-state index contributed by atoms with van der Waals surface area (Å²) in [6.45, 7) is 3.84. The van der Waals surface area contributed by atoms with Gasteiger partial charge in [0.15, 0.2) is 5.65 Å². The molecule has 0 fully saturated rings. The lowest BCUT2D eigenvalue weighted by atomic mass is 10.2. The zero-order chi connectivity index (χ0) is 19.8. The fourth-order valence-corrected chi connectivity index (χ4v) is 3.05. The number of aryl methyl sites for hydroxylation is 1. The highest BCUT2D eigenvalue weighted by Gasteiger charge is 2.12. The van der Waals surface area contributed by atoms with E-state index in [0.717, 1.165) is 28.4 Å². The van der Waals surface area contributed by atoms with Crippen molar-refractivity contribution < 1.29 is 14.3 Å². The minimum atomic E-state index is -0.0122. The van der Waals surface area contributed by atoms with Gasteiger partial charge in [-0.3, -0.25) is 4.79 Å². The predicted octanol–water partition coefficient (Wildman–Crippen LogP) is 3.44. The summed E-state index contributed by atoms with van der Waals surface area (Å²) in [4.78, 5) is 21.3. The molecule has 0 radical (unpaired) electrons. The normalized spacial score (nSPS) is 10.9. The van der Waals surface area contributed by atoms with E-state index in [2.05, 4.69) is 19.9 Å². The van der Waals surface area contributed by atoms with Crippen LogP contribution in [0.5, 0.6) is 5.75 Å². The summed E-state index contributed by atoms with van der Waals surface area (Å²) in [6.07, 6.45) is 3.60. The van der Waals surface area contributed by atoms with Crippen molar-refractivity contribution in [3.63, 3.8) is 0 Å². The smallest absolute Gasteiger partial charge is 0.224 e. The highest BCUT2D eigenvalue weighted by molar-refractivity contribution is 5.90. The van der Waals surface area contributed by atoms with Crippen molar-refractivity contribution in [2.45, 2.75) is 32.7 Å². The number of carbonyl (C=O) groups is 1. The third kappa shape index (κ3) is 5.07. The van der Waals surface area contributed by atoms with Crippen LogP contribution in [0.2, 0.25) is 0 Å². The molecule has 1 aromatic carbocycles. The molecule has 0 spiro atoms. The third-order valence-corrected chi connectivity index (χ3v) is 4.36. The van der Waals surface area contributed by atoms with Crippen LogP contribution >= 0.6 is 0 Å². The SMILES string of the molecule is CCOc1ccc(NC(=O)CCCc2nc3cccnc3n2CCOC)cc1. The number of carbonyl (C=O) groups excluding carboxylic acids is 1. The van der Waals surface area contributed by atoms with Crippen LogP contribution in [0.1, 0.15) is 25.6 Å². The van der Waals surface area contributed by atoms with Crippen LogP contribution in [-0.4, -0.2) is 40.8 Å². The fraction of sp³-hybridized carbons (Fsp3) is 0.381. The summed E-state index contributed by atoms with van der Waals surface area (Å²) in [7, 11) is 1.68. The van der Waals surface area contributed by atoms with E-state index in [4.69, 9.17) is 9.47 Å². The van der Waals surface area contributed by atoms with E-state index in [1.807, 2.05) is 43.3 Å². The molecule has 1 N–H and O–H groups in total. The van der Waals surface area contributed by atoms with Crippen molar-refractivity contribution in [3.05, 3.63) is 48.4 Å². The Morgan fingerprint density at radius 1 is 1.21 bits per heavy atom. The third-order valence-electron chi connectivity index (χ3n) is 4.36. The van der Waals surface area contributed by atoms with E-state index in [0.29, 0.717) is 39.0 Å². The second kappa shape index (κ2) is 9.85. The summed E-state index contributed by atoms with van der Waals surface area (Å²) in [6, 6.07) is 11.2. The van der Waals surface area contributed by atoms with E-state index >= 15 is 0 Å². The van der Waals surface area contributed by atoms with E-state index in [1.54, 1.807) is 13.3 Å². The molecular formula is C21H26N4O3. The van der Waals surface area contributed by atoms with E-state index in [-0.39, 0.29) is 5.91 Å². The van der Waals surface area contributed by atoms with Gasteiger partial charge < -0.3 is 19.4 Å². The van der Waals surface area contributed by atoms with Crippen LogP contribution in [0, 0.1) is 0 Å². The second-order valence-electron chi connectivity index (χ2n) is 6.38. The Morgan fingerprint density at radius 2 is 2.04 bits per heavy atom. The largest absolute Gasteiger partial charge is 0.494 e. The minimum absolute atomic E-state index is 0.0122. The number of imidazole rings is 1. The Labute approximate surface area is 164 Å². The molecule has 7 nitrogen and oxygen atoms in total. The van der Waals surface area contributed by atoms with Gasteiger partial charge in [0.05, 0.1) is 13.2 Å². The van der Waals surface area contributed by atoms with E-state index in [1.165, 1.54) is 0 Å². The molecule has 1 amide bonds. The van der Waals surface area contributed by atoms with Gasteiger partial charge in [0.1, 0.15) is 17.1 Å². The maximum Gasteiger partial charge on any atom is 0.224 e. The average molecular weight is 382 g/mol. The van der Waals surface area contributed by atoms with Gasteiger partial charge in [-0.15, -0.1) is 0 Å². The quantitative estimate of drug-likeness (QED) is 0.581. The highest BCUT2D eigenvalue weighted by Crippen LogP contribution is 2.17. The minimum Gasteiger partial charge on any atom is -0.494 e. The average Bonchev–Trinajstić information content (AvgIpc) is 3.05. The molecule has 3 rings (SSSR count). The highest BCUT2D eigenvalue weighted by atomic mass is 16.5. The number of fused-ring (bicyclic) bond motifs is 1. The molecule has 0 saturated heterocycles. The number of anilines is 1. The molecule has 0 unspecified atom stereocenters. The van der Waals surface area contributed by atoms with Crippen molar-refractivity contribution >= 4 is 22.8 Å². The first-order valence-electron chi connectivity index (χ1n) is 9.53. The van der Waals surface area contributed by atoms with Crippen molar-refractivity contribution in [3.8, 4) is 5.75 Å². The molecule has 28 heavy (non-hydrogen) atoms. The summed E-state index contributed by atoms with van der Waals surface area (Å²) >= 11 is 0. The standard InChI is InChI=1S/C21H26N4O3/c1-3-28-17-11-9-16(10-12-17)23-20(26)8-4-7-19-24-18-6-5-13-22-21(18)25(19)14-15-27-2/h5-6,9-13H,3-4,7-8,14-15H2,1-2H3,(H,23,26). The first-order valence-corrected chi connectivity index (χ1v) is 9.53. The maximum atomic E-state index is 12.2. The number of methoxy groups -OCH3 is 1. The van der Waals surface area contributed by atoms with Crippen LogP contribution in [0.4, 0.5) is 5.69 Å². The maximum absolute atomic E-state index is 12.2. The molecule has 2 aromatic heterocycles. The van der Waals surface area contributed by atoms with Crippen molar-refractivity contribution in [2.75, 3.05) is 25.6 Å². The lowest BCUT2D eigenvalue weighted by Gasteiger charge is -2.09. The summed E-state index contributed by atoms with van der Waals surface area (Å²) in [5.74, 6) is 1.71. The van der Waals surface area contributed by atoms with Gasteiger partial charge in [0.25, 0.3) is 0 Å². The van der Waals surface area contributed by atoms with Crippen LogP contribution < -0.4 is 10.1 Å². The molecule has 148 valence electrons. The monoisotopic (exact) mass is 382 g/mol. The second-order valence-corrected chi connectivity index (χ2v) is 6.38. The van der Waals surface area contributed by atoms with Gasteiger partial charge in [-0.05, 0) is 49.7 Å². The number of nitrogens with one attached hydrogen (secondary N) is 1. The molecule has 0 aliphatic carbocycles. The molecule has 0 aliphatic rings. The molecule has 7 heteroatoms. The van der Waals surface area contributed by atoms with E-state index < -0.39 is 0 Å². The summed E-state index contributed by atoms with van der Waals surface area (Å²) in [5.41, 5.74) is 2.49. The lowest BCUT2D eigenvalue weighted by molar-refractivity contribution is -0.116.